The maximum atomic E-state index is 6.02. The summed E-state index contributed by atoms with van der Waals surface area (Å²) in [6.07, 6.45) is 2.34. The van der Waals surface area contributed by atoms with E-state index in [0.717, 1.165) is 18.9 Å². The van der Waals surface area contributed by atoms with Gasteiger partial charge >= 0.3 is 0 Å². The fourth-order valence-corrected chi connectivity index (χ4v) is 1.96. The number of halogens is 1. The first-order valence-corrected chi connectivity index (χ1v) is 7.36. The summed E-state index contributed by atoms with van der Waals surface area (Å²) in [5.74, 6) is 1.60. The Kier molecular flexibility index (Phi) is 7.88. The number of benzene rings is 1. The number of rotatable bonds is 7. The van der Waals surface area contributed by atoms with Crippen molar-refractivity contribution in [2.45, 2.75) is 19.8 Å². The predicted octanol–water partition coefficient (Wildman–Crippen LogP) is 3.03. The number of nitrogens with zero attached hydrogens (tertiary/aromatic N) is 2. The average Bonchev–Trinajstić information content (AvgIpc) is 2.46. The standard InChI is InChI=1S/C15H24ClN3O/c1-4-5-11-19(3)15(17-2)18-10-12-20-14-9-7-6-8-13(14)16/h6-9H,4-5,10-12H2,1-3H3,(H,17,18). The van der Waals surface area contributed by atoms with Crippen LogP contribution in [0.15, 0.2) is 29.3 Å². The molecule has 1 N–H and O–H groups in total. The average molecular weight is 298 g/mol. The molecule has 0 fully saturated rings. The minimum absolute atomic E-state index is 0.546. The lowest BCUT2D eigenvalue weighted by Crippen LogP contribution is -2.41. The van der Waals surface area contributed by atoms with E-state index in [1.54, 1.807) is 7.05 Å². The Labute approximate surface area is 126 Å². The molecule has 0 heterocycles. The maximum Gasteiger partial charge on any atom is 0.193 e. The molecule has 0 saturated carbocycles. The summed E-state index contributed by atoms with van der Waals surface area (Å²) in [6.45, 7) is 4.42. The van der Waals surface area contributed by atoms with Crippen molar-refractivity contribution < 1.29 is 4.74 Å². The first kappa shape index (κ1) is 16.6. The highest BCUT2D eigenvalue weighted by atomic mass is 35.5. The summed E-state index contributed by atoms with van der Waals surface area (Å²) in [7, 11) is 3.83. The zero-order valence-corrected chi connectivity index (χ0v) is 13.3. The van der Waals surface area contributed by atoms with Crippen LogP contribution in [0, 0.1) is 0 Å². The molecule has 0 atom stereocenters. The lowest BCUT2D eigenvalue weighted by atomic mass is 10.3. The summed E-state index contributed by atoms with van der Waals surface area (Å²) in [5.41, 5.74) is 0. The first-order valence-electron chi connectivity index (χ1n) is 6.98. The molecule has 0 aromatic heterocycles. The Morgan fingerprint density at radius 2 is 2.15 bits per heavy atom. The molecule has 0 aliphatic heterocycles. The minimum Gasteiger partial charge on any atom is -0.490 e. The number of nitrogens with one attached hydrogen (secondary N) is 1. The minimum atomic E-state index is 0.546. The van der Waals surface area contributed by atoms with Crippen molar-refractivity contribution in [1.82, 2.24) is 10.2 Å². The van der Waals surface area contributed by atoms with Gasteiger partial charge in [-0.3, -0.25) is 4.99 Å². The Balaban J connectivity index is 2.30. The summed E-state index contributed by atoms with van der Waals surface area (Å²) in [4.78, 5) is 6.38. The van der Waals surface area contributed by atoms with Crippen LogP contribution in [0.4, 0.5) is 0 Å². The Morgan fingerprint density at radius 1 is 1.40 bits per heavy atom. The third-order valence-corrected chi connectivity index (χ3v) is 3.21. The van der Waals surface area contributed by atoms with Gasteiger partial charge in [0.25, 0.3) is 0 Å². The van der Waals surface area contributed by atoms with Crippen molar-refractivity contribution in [3.05, 3.63) is 29.3 Å². The molecule has 1 rings (SSSR count). The van der Waals surface area contributed by atoms with Crippen molar-refractivity contribution >= 4 is 17.6 Å². The van der Waals surface area contributed by atoms with Crippen molar-refractivity contribution in [3.63, 3.8) is 0 Å². The zero-order chi connectivity index (χ0) is 14.8. The van der Waals surface area contributed by atoms with Crippen molar-refractivity contribution in [2.24, 2.45) is 4.99 Å². The summed E-state index contributed by atoms with van der Waals surface area (Å²) >= 11 is 6.02. The van der Waals surface area contributed by atoms with Gasteiger partial charge in [-0.1, -0.05) is 37.1 Å². The second-order valence-electron chi connectivity index (χ2n) is 4.53. The van der Waals surface area contributed by atoms with Crippen LogP contribution in [-0.4, -0.2) is 44.7 Å². The number of para-hydroxylation sites is 1. The second-order valence-corrected chi connectivity index (χ2v) is 4.94. The van der Waals surface area contributed by atoms with Crippen LogP contribution in [-0.2, 0) is 0 Å². The van der Waals surface area contributed by atoms with Crippen LogP contribution >= 0.6 is 11.6 Å². The van der Waals surface area contributed by atoms with E-state index in [4.69, 9.17) is 16.3 Å². The SMILES string of the molecule is CCCCN(C)C(=NC)NCCOc1ccccc1Cl. The van der Waals surface area contributed by atoms with Gasteiger partial charge in [-0.15, -0.1) is 0 Å². The molecule has 0 aliphatic rings. The van der Waals surface area contributed by atoms with E-state index in [1.165, 1.54) is 6.42 Å². The number of aliphatic imine (C=N–C) groups is 1. The largest absolute Gasteiger partial charge is 0.490 e. The van der Waals surface area contributed by atoms with Crippen LogP contribution in [0.1, 0.15) is 19.8 Å². The highest BCUT2D eigenvalue weighted by molar-refractivity contribution is 6.32. The van der Waals surface area contributed by atoms with Gasteiger partial charge < -0.3 is 15.0 Å². The molecule has 0 radical (unpaired) electrons. The molecule has 5 heteroatoms. The smallest absolute Gasteiger partial charge is 0.193 e. The molecule has 0 bridgehead atoms. The Hall–Kier alpha value is -1.42. The predicted molar refractivity (Wildman–Crippen MR) is 85.8 cm³/mol. The lowest BCUT2D eigenvalue weighted by molar-refractivity contribution is 0.319. The van der Waals surface area contributed by atoms with E-state index >= 15 is 0 Å². The van der Waals surface area contributed by atoms with E-state index in [2.05, 4.69) is 22.1 Å². The zero-order valence-electron chi connectivity index (χ0n) is 12.5. The van der Waals surface area contributed by atoms with E-state index in [1.807, 2.05) is 31.3 Å². The molecule has 1 aromatic rings. The molecule has 0 aliphatic carbocycles. The second kappa shape index (κ2) is 9.48. The fourth-order valence-electron chi connectivity index (χ4n) is 1.77. The summed E-state index contributed by atoms with van der Waals surface area (Å²) in [6, 6.07) is 7.48. The lowest BCUT2D eigenvalue weighted by Gasteiger charge is -2.21. The molecule has 20 heavy (non-hydrogen) atoms. The van der Waals surface area contributed by atoms with Crippen LogP contribution in [0.2, 0.25) is 5.02 Å². The van der Waals surface area contributed by atoms with E-state index in [0.29, 0.717) is 23.9 Å². The van der Waals surface area contributed by atoms with Crippen molar-refractivity contribution in [1.29, 1.82) is 0 Å². The normalized spacial score (nSPS) is 11.3. The number of guanidine groups is 1. The van der Waals surface area contributed by atoms with Gasteiger partial charge in [-0.05, 0) is 18.6 Å². The van der Waals surface area contributed by atoms with Crippen LogP contribution in [0.5, 0.6) is 5.75 Å². The molecule has 0 amide bonds. The van der Waals surface area contributed by atoms with Crippen LogP contribution in [0.25, 0.3) is 0 Å². The van der Waals surface area contributed by atoms with Gasteiger partial charge in [-0.2, -0.15) is 0 Å². The Morgan fingerprint density at radius 3 is 2.80 bits per heavy atom. The van der Waals surface area contributed by atoms with Crippen LogP contribution < -0.4 is 10.1 Å². The number of ether oxygens (including phenoxy) is 1. The molecule has 0 spiro atoms. The van der Waals surface area contributed by atoms with Gasteiger partial charge in [0, 0.05) is 20.6 Å². The molecular formula is C15H24ClN3O. The van der Waals surface area contributed by atoms with Gasteiger partial charge in [-0.25, -0.2) is 0 Å². The maximum absolute atomic E-state index is 6.02. The number of unbranched alkanes of at least 4 members (excludes halogenated alkanes) is 1. The highest BCUT2D eigenvalue weighted by Gasteiger charge is 2.04. The molecule has 112 valence electrons. The van der Waals surface area contributed by atoms with Crippen molar-refractivity contribution in [3.8, 4) is 5.75 Å². The Bertz CT molecular complexity index is 423. The molecule has 0 unspecified atom stereocenters. The summed E-state index contributed by atoms with van der Waals surface area (Å²) in [5, 5.41) is 3.91. The molecular weight excluding hydrogens is 274 g/mol. The third kappa shape index (κ3) is 5.70. The fraction of sp³-hybridized carbons (Fsp3) is 0.533. The monoisotopic (exact) mass is 297 g/mol. The summed E-state index contributed by atoms with van der Waals surface area (Å²) < 4.78 is 5.62. The first-order chi connectivity index (χ1) is 9.69. The van der Waals surface area contributed by atoms with Crippen molar-refractivity contribution in [2.75, 3.05) is 33.8 Å². The molecule has 4 nitrogen and oxygen atoms in total. The van der Waals surface area contributed by atoms with Gasteiger partial charge in [0.2, 0.25) is 0 Å². The van der Waals surface area contributed by atoms with E-state index < -0.39 is 0 Å². The number of hydrogen-bond donors (Lipinski definition) is 1. The van der Waals surface area contributed by atoms with Crippen LogP contribution in [0.3, 0.4) is 0 Å². The number of hydrogen-bond acceptors (Lipinski definition) is 2. The quantitative estimate of drug-likeness (QED) is 0.477. The molecule has 0 saturated heterocycles. The van der Waals surface area contributed by atoms with E-state index in [-0.39, 0.29) is 0 Å². The molecule has 1 aromatic carbocycles. The van der Waals surface area contributed by atoms with E-state index in [9.17, 15) is 0 Å². The van der Waals surface area contributed by atoms with Gasteiger partial charge in [0.1, 0.15) is 12.4 Å². The third-order valence-electron chi connectivity index (χ3n) is 2.90. The van der Waals surface area contributed by atoms with Gasteiger partial charge in [0.15, 0.2) is 5.96 Å². The van der Waals surface area contributed by atoms with Gasteiger partial charge in [0.05, 0.1) is 11.6 Å². The highest BCUT2D eigenvalue weighted by Crippen LogP contribution is 2.22. The topological polar surface area (TPSA) is 36.9 Å².